The number of rotatable bonds is 8. The number of esters is 1. The Morgan fingerprint density at radius 2 is 1.69 bits per heavy atom. The lowest BCUT2D eigenvalue weighted by molar-refractivity contribution is -0.129. The molecule has 0 amide bonds. The Morgan fingerprint density at radius 1 is 0.931 bits per heavy atom. The molecule has 3 aromatic carbocycles. The highest BCUT2D eigenvalue weighted by Gasteiger charge is 2.16. The molecule has 0 aliphatic heterocycles. The first-order chi connectivity index (χ1) is 14.2. The average molecular weight is 390 g/mol. The van der Waals surface area contributed by atoms with E-state index < -0.39 is 5.97 Å². The van der Waals surface area contributed by atoms with Crippen LogP contribution in [0.25, 0.3) is 11.1 Å². The fraction of sp³-hybridized carbons (Fsp3) is 0.125. The van der Waals surface area contributed by atoms with Crippen LogP contribution in [0.3, 0.4) is 0 Å². The smallest absolute Gasteiger partial charge is 0.335 e. The number of ether oxygens (including phenoxy) is 4. The Morgan fingerprint density at radius 3 is 2.38 bits per heavy atom. The molecular formula is C24H22O5. The van der Waals surface area contributed by atoms with Gasteiger partial charge in [0.25, 0.3) is 0 Å². The van der Waals surface area contributed by atoms with Crippen LogP contribution < -0.4 is 18.9 Å². The molecule has 0 unspecified atom stereocenters. The van der Waals surface area contributed by atoms with Crippen molar-refractivity contribution in [3.63, 3.8) is 0 Å². The van der Waals surface area contributed by atoms with Crippen LogP contribution in [0.5, 0.6) is 23.0 Å². The van der Waals surface area contributed by atoms with Crippen LogP contribution in [0.4, 0.5) is 0 Å². The molecule has 0 N–H and O–H groups in total. The van der Waals surface area contributed by atoms with Crippen LogP contribution in [0.2, 0.25) is 0 Å². The van der Waals surface area contributed by atoms with Crippen LogP contribution in [0, 0.1) is 0 Å². The molecule has 29 heavy (non-hydrogen) atoms. The fourth-order valence-electron chi connectivity index (χ4n) is 2.87. The summed E-state index contributed by atoms with van der Waals surface area (Å²) in [6, 6.07) is 20.6. The molecule has 5 nitrogen and oxygen atoms in total. The third kappa shape index (κ3) is 4.76. The van der Waals surface area contributed by atoms with Crippen LogP contribution in [0.15, 0.2) is 79.4 Å². The molecule has 3 rings (SSSR count). The van der Waals surface area contributed by atoms with E-state index in [2.05, 4.69) is 6.58 Å². The summed E-state index contributed by atoms with van der Waals surface area (Å²) in [4.78, 5) is 12.0. The fourth-order valence-corrected chi connectivity index (χ4v) is 2.87. The lowest BCUT2D eigenvalue weighted by Gasteiger charge is -2.16. The van der Waals surface area contributed by atoms with Gasteiger partial charge < -0.3 is 18.9 Å². The van der Waals surface area contributed by atoms with Gasteiger partial charge in [0.15, 0.2) is 11.5 Å². The number of para-hydroxylation sites is 2. The highest BCUT2D eigenvalue weighted by atomic mass is 16.5. The summed E-state index contributed by atoms with van der Waals surface area (Å²) in [5.41, 5.74) is 2.28. The summed E-state index contributed by atoms with van der Waals surface area (Å²) in [5, 5.41) is 0. The summed E-state index contributed by atoms with van der Waals surface area (Å²) in [6.45, 7) is 3.73. The van der Waals surface area contributed by atoms with Gasteiger partial charge in [-0.25, -0.2) is 4.79 Å². The van der Waals surface area contributed by atoms with Gasteiger partial charge in [0.1, 0.15) is 18.1 Å². The number of methoxy groups -OCH3 is 2. The van der Waals surface area contributed by atoms with Crippen LogP contribution in [-0.4, -0.2) is 20.2 Å². The van der Waals surface area contributed by atoms with Crippen molar-refractivity contribution in [3.05, 3.63) is 84.9 Å². The molecule has 0 aliphatic carbocycles. The SMILES string of the molecule is C=CC(=O)Oc1c(COc2ccccc2)cccc1-c1ccc(OC)c(OC)c1. The quantitative estimate of drug-likeness (QED) is 0.306. The zero-order chi connectivity index (χ0) is 20.6. The Balaban J connectivity index is 2.02. The number of benzene rings is 3. The van der Waals surface area contributed by atoms with Crippen molar-refractivity contribution >= 4 is 5.97 Å². The van der Waals surface area contributed by atoms with Gasteiger partial charge in [-0.3, -0.25) is 0 Å². The third-order valence-electron chi connectivity index (χ3n) is 4.30. The van der Waals surface area contributed by atoms with E-state index in [4.69, 9.17) is 18.9 Å². The molecule has 0 saturated heterocycles. The molecule has 0 fully saturated rings. The molecule has 0 heterocycles. The van der Waals surface area contributed by atoms with E-state index in [0.717, 1.165) is 28.5 Å². The van der Waals surface area contributed by atoms with Gasteiger partial charge in [-0.1, -0.05) is 49.0 Å². The average Bonchev–Trinajstić information content (AvgIpc) is 2.78. The van der Waals surface area contributed by atoms with Gasteiger partial charge in [0, 0.05) is 17.2 Å². The molecule has 0 aliphatic rings. The Bertz CT molecular complexity index is 995. The largest absolute Gasteiger partial charge is 0.493 e. The number of hydrogen-bond acceptors (Lipinski definition) is 5. The topological polar surface area (TPSA) is 54.0 Å². The van der Waals surface area contributed by atoms with Crippen molar-refractivity contribution in [3.8, 4) is 34.1 Å². The highest BCUT2D eigenvalue weighted by Crippen LogP contribution is 2.38. The molecule has 0 atom stereocenters. The molecular weight excluding hydrogens is 368 g/mol. The number of carbonyl (C=O) groups excluding carboxylic acids is 1. The van der Waals surface area contributed by atoms with Crippen molar-refractivity contribution in [2.24, 2.45) is 0 Å². The van der Waals surface area contributed by atoms with Crippen molar-refractivity contribution in [2.75, 3.05) is 14.2 Å². The second-order valence-corrected chi connectivity index (χ2v) is 6.09. The molecule has 5 heteroatoms. The minimum absolute atomic E-state index is 0.241. The molecule has 0 saturated carbocycles. The van der Waals surface area contributed by atoms with Crippen LogP contribution in [0.1, 0.15) is 5.56 Å². The van der Waals surface area contributed by atoms with Gasteiger partial charge in [0.2, 0.25) is 0 Å². The van der Waals surface area contributed by atoms with Crippen molar-refractivity contribution in [1.82, 2.24) is 0 Å². The van der Waals surface area contributed by atoms with Gasteiger partial charge >= 0.3 is 5.97 Å². The predicted molar refractivity (Wildman–Crippen MR) is 112 cm³/mol. The first-order valence-corrected chi connectivity index (χ1v) is 9.02. The van der Waals surface area contributed by atoms with E-state index in [1.54, 1.807) is 20.3 Å². The van der Waals surface area contributed by atoms with Gasteiger partial charge in [0.05, 0.1) is 14.2 Å². The lowest BCUT2D eigenvalue weighted by Crippen LogP contribution is -2.08. The Labute approximate surface area is 170 Å². The van der Waals surface area contributed by atoms with E-state index >= 15 is 0 Å². The van der Waals surface area contributed by atoms with E-state index in [0.29, 0.717) is 17.2 Å². The highest BCUT2D eigenvalue weighted by molar-refractivity contribution is 5.86. The van der Waals surface area contributed by atoms with Gasteiger partial charge in [-0.15, -0.1) is 0 Å². The standard InChI is InChI=1S/C24H22O5/c1-4-23(25)29-24-18(16-28-19-10-6-5-7-11-19)9-8-12-20(24)17-13-14-21(26-2)22(15-17)27-3/h4-15H,1,16H2,2-3H3. The summed E-state index contributed by atoms with van der Waals surface area (Å²) in [7, 11) is 3.15. The summed E-state index contributed by atoms with van der Waals surface area (Å²) >= 11 is 0. The van der Waals surface area contributed by atoms with Gasteiger partial charge in [-0.2, -0.15) is 0 Å². The zero-order valence-corrected chi connectivity index (χ0v) is 16.4. The summed E-state index contributed by atoms with van der Waals surface area (Å²) in [6.07, 6.45) is 1.13. The number of hydrogen-bond donors (Lipinski definition) is 0. The first-order valence-electron chi connectivity index (χ1n) is 9.02. The van der Waals surface area contributed by atoms with Gasteiger partial charge in [-0.05, 0) is 29.8 Å². The molecule has 0 spiro atoms. The summed E-state index contributed by atoms with van der Waals surface area (Å²) in [5.74, 6) is 1.80. The predicted octanol–water partition coefficient (Wildman–Crippen LogP) is 5.04. The second kappa shape index (κ2) is 9.46. The maximum Gasteiger partial charge on any atom is 0.335 e. The van der Waals surface area contributed by atoms with Crippen molar-refractivity contribution < 1.29 is 23.7 Å². The van der Waals surface area contributed by atoms with Crippen LogP contribution >= 0.6 is 0 Å². The molecule has 0 aromatic heterocycles. The molecule has 3 aromatic rings. The monoisotopic (exact) mass is 390 g/mol. The van der Waals surface area contributed by atoms with Crippen molar-refractivity contribution in [2.45, 2.75) is 6.61 Å². The minimum atomic E-state index is -0.543. The summed E-state index contributed by atoms with van der Waals surface area (Å²) < 4.78 is 22.2. The van der Waals surface area contributed by atoms with E-state index in [9.17, 15) is 4.79 Å². The second-order valence-electron chi connectivity index (χ2n) is 6.09. The minimum Gasteiger partial charge on any atom is -0.493 e. The van der Waals surface area contributed by atoms with Crippen LogP contribution in [-0.2, 0) is 11.4 Å². The maximum atomic E-state index is 12.0. The molecule has 0 radical (unpaired) electrons. The van der Waals surface area contributed by atoms with E-state index in [1.807, 2.05) is 60.7 Å². The Kier molecular flexibility index (Phi) is 6.53. The molecule has 148 valence electrons. The van der Waals surface area contributed by atoms with E-state index in [1.165, 1.54) is 0 Å². The zero-order valence-electron chi connectivity index (χ0n) is 16.4. The number of carbonyl (C=O) groups is 1. The van der Waals surface area contributed by atoms with E-state index in [-0.39, 0.29) is 6.61 Å². The third-order valence-corrected chi connectivity index (χ3v) is 4.30. The molecule has 0 bridgehead atoms. The Hall–Kier alpha value is -3.73. The maximum absolute atomic E-state index is 12.0. The normalized spacial score (nSPS) is 10.1. The van der Waals surface area contributed by atoms with Crippen molar-refractivity contribution in [1.29, 1.82) is 0 Å². The first kappa shape index (κ1) is 20.0. The lowest BCUT2D eigenvalue weighted by atomic mass is 10.0.